The van der Waals surface area contributed by atoms with Gasteiger partial charge >= 0.3 is 0 Å². The quantitative estimate of drug-likeness (QED) is 0.407. The lowest BCUT2D eigenvalue weighted by Gasteiger charge is -2.21. The van der Waals surface area contributed by atoms with Crippen molar-refractivity contribution in [2.24, 2.45) is 0 Å². The van der Waals surface area contributed by atoms with Gasteiger partial charge in [-0.05, 0) is 89.9 Å². The van der Waals surface area contributed by atoms with Crippen molar-refractivity contribution in [1.82, 2.24) is 19.9 Å². The van der Waals surface area contributed by atoms with Crippen molar-refractivity contribution in [1.29, 1.82) is 0 Å². The van der Waals surface area contributed by atoms with Crippen LogP contribution in [-0.2, 0) is 13.0 Å². The van der Waals surface area contributed by atoms with Gasteiger partial charge in [0.15, 0.2) is 0 Å². The second-order valence-electron chi connectivity index (χ2n) is 11.2. The van der Waals surface area contributed by atoms with Crippen molar-refractivity contribution >= 4 is 35.2 Å². The van der Waals surface area contributed by atoms with Gasteiger partial charge in [-0.3, -0.25) is 4.98 Å². The molecular formula is C31H39N7O. The molecule has 3 aliphatic rings. The highest BCUT2D eigenvalue weighted by molar-refractivity contribution is 5.94. The van der Waals surface area contributed by atoms with E-state index in [0.29, 0.717) is 5.35 Å². The third kappa shape index (κ3) is 5.01. The summed E-state index contributed by atoms with van der Waals surface area (Å²) < 4.78 is 5.36. The minimum absolute atomic E-state index is 0.162. The van der Waals surface area contributed by atoms with Gasteiger partial charge in [0.05, 0.1) is 27.6 Å². The molecule has 0 radical (unpaired) electrons. The Morgan fingerprint density at radius 3 is 2.62 bits per heavy atom. The van der Waals surface area contributed by atoms with Crippen molar-refractivity contribution in [3.8, 4) is 0 Å². The van der Waals surface area contributed by atoms with Gasteiger partial charge in [-0.15, -0.1) is 0 Å². The summed E-state index contributed by atoms with van der Waals surface area (Å²) in [5, 5.41) is 16.7. The summed E-state index contributed by atoms with van der Waals surface area (Å²) in [6.07, 6.45) is 6.49. The molecule has 1 atom stereocenters. The molecule has 8 nitrogen and oxygen atoms in total. The van der Waals surface area contributed by atoms with Crippen molar-refractivity contribution in [2.75, 3.05) is 42.1 Å². The number of hydrogen-bond acceptors (Lipinski definition) is 8. The number of hydrogen-bond donors (Lipinski definition) is 3. The van der Waals surface area contributed by atoms with Crippen LogP contribution in [0.25, 0.3) is 18.1 Å². The molecule has 3 aliphatic heterocycles. The first-order valence-electron chi connectivity index (χ1n) is 14.1. The molecule has 8 heteroatoms. The number of fused-ring (bicyclic) bond motifs is 2. The molecule has 1 aromatic carbocycles. The van der Waals surface area contributed by atoms with Gasteiger partial charge < -0.3 is 30.3 Å². The molecule has 39 heavy (non-hydrogen) atoms. The molecule has 0 bridgehead atoms. The number of pyridine rings is 1. The average molecular weight is 526 g/mol. The van der Waals surface area contributed by atoms with Crippen LogP contribution < -0.4 is 26.5 Å². The molecule has 0 saturated carbocycles. The summed E-state index contributed by atoms with van der Waals surface area (Å²) in [6.45, 7) is 20.5. The highest BCUT2D eigenvalue weighted by Crippen LogP contribution is 2.40. The summed E-state index contributed by atoms with van der Waals surface area (Å²) in [6, 6.07) is 6.67. The number of likely N-dealkylation sites (tertiary alicyclic amines) is 1. The molecule has 3 N–H and O–H groups in total. The van der Waals surface area contributed by atoms with Gasteiger partial charge in [0.1, 0.15) is 11.6 Å². The van der Waals surface area contributed by atoms with Crippen molar-refractivity contribution in [3.05, 3.63) is 69.7 Å². The molecule has 0 spiro atoms. The van der Waals surface area contributed by atoms with Crippen LogP contribution in [0.2, 0.25) is 0 Å². The molecule has 204 valence electrons. The number of anilines is 3. The second-order valence-corrected chi connectivity index (χ2v) is 11.2. The number of nitrogens with one attached hydrogen (secondary N) is 3. The monoisotopic (exact) mass is 525 g/mol. The number of nitrogens with zero attached hydrogens (tertiary/aromatic N) is 4. The van der Waals surface area contributed by atoms with E-state index in [1.807, 2.05) is 19.9 Å². The van der Waals surface area contributed by atoms with Crippen LogP contribution in [0.4, 0.5) is 17.1 Å². The highest BCUT2D eigenvalue weighted by Gasteiger charge is 2.27. The van der Waals surface area contributed by atoms with E-state index in [9.17, 15) is 0 Å². The topological polar surface area (TPSA) is 81.5 Å². The molecule has 6 rings (SSSR count). The Hall–Kier alpha value is -3.78. The molecule has 1 fully saturated rings. The fourth-order valence-corrected chi connectivity index (χ4v) is 6.17. The van der Waals surface area contributed by atoms with Gasteiger partial charge in [0.25, 0.3) is 0 Å². The van der Waals surface area contributed by atoms with Gasteiger partial charge in [-0.25, -0.2) is 0 Å². The molecule has 3 aromatic rings. The Morgan fingerprint density at radius 2 is 1.87 bits per heavy atom. The first-order valence-corrected chi connectivity index (χ1v) is 14.1. The zero-order chi connectivity index (χ0) is 27.1. The number of benzene rings is 1. The summed E-state index contributed by atoms with van der Waals surface area (Å²) in [5.74, 6) is 1.77. The molecule has 0 aliphatic carbocycles. The van der Waals surface area contributed by atoms with E-state index in [1.165, 1.54) is 50.0 Å². The maximum Gasteiger partial charge on any atom is 0.137 e. The predicted molar refractivity (Wildman–Crippen MR) is 159 cm³/mol. The van der Waals surface area contributed by atoms with Crippen molar-refractivity contribution < 1.29 is 4.52 Å². The summed E-state index contributed by atoms with van der Waals surface area (Å²) in [5.41, 5.74) is 8.89. The third-order valence-electron chi connectivity index (χ3n) is 8.29. The molecule has 1 unspecified atom stereocenters. The van der Waals surface area contributed by atoms with Gasteiger partial charge in [0, 0.05) is 47.8 Å². The molecular weight excluding hydrogens is 486 g/mol. The van der Waals surface area contributed by atoms with Crippen molar-refractivity contribution in [2.45, 2.75) is 59.0 Å². The van der Waals surface area contributed by atoms with Crippen LogP contribution in [-0.4, -0.2) is 52.2 Å². The Balaban J connectivity index is 1.19. The van der Waals surface area contributed by atoms with Crippen LogP contribution >= 0.6 is 0 Å². The Kier molecular flexibility index (Phi) is 6.81. The van der Waals surface area contributed by atoms with Crippen LogP contribution in [0.3, 0.4) is 0 Å². The smallest absolute Gasteiger partial charge is 0.137 e. The molecule has 2 aromatic heterocycles. The first-order chi connectivity index (χ1) is 18.9. The average Bonchev–Trinajstić information content (AvgIpc) is 3.69. The predicted octanol–water partition coefficient (Wildman–Crippen LogP) is 4.02. The Labute approximate surface area is 230 Å². The van der Waals surface area contributed by atoms with E-state index in [0.717, 1.165) is 70.3 Å². The molecule has 0 amide bonds. The number of aryl methyl sites for hydroxylation is 2. The lowest BCUT2D eigenvalue weighted by molar-refractivity contribution is 0.304. The SMILES string of the molecule is C=C1c2cc3c(cc2CN1CCCN1CCCC1)NC(=c1c(NC(C)Cc2c(C)noc2C)ccnc1=C)N3. The zero-order valence-corrected chi connectivity index (χ0v) is 23.4. The molecule has 1 saturated heterocycles. The zero-order valence-electron chi connectivity index (χ0n) is 23.4. The van der Waals surface area contributed by atoms with E-state index in [2.05, 4.69) is 68.1 Å². The Bertz CT molecular complexity index is 1500. The van der Waals surface area contributed by atoms with Gasteiger partial charge in [-0.1, -0.05) is 18.3 Å². The lowest BCUT2D eigenvalue weighted by Crippen LogP contribution is -2.36. The van der Waals surface area contributed by atoms with Gasteiger partial charge in [-0.2, -0.15) is 0 Å². The summed E-state index contributed by atoms with van der Waals surface area (Å²) >= 11 is 0. The fourth-order valence-electron chi connectivity index (χ4n) is 6.17. The first kappa shape index (κ1) is 25.5. The minimum Gasteiger partial charge on any atom is -0.382 e. The highest BCUT2D eigenvalue weighted by atomic mass is 16.5. The normalized spacial score (nSPS) is 18.6. The van der Waals surface area contributed by atoms with E-state index in [-0.39, 0.29) is 6.04 Å². The van der Waals surface area contributed by atoms with Crippen LogP contribution in [0.5, 0.6) is 0 Å². The Morgan fingerprint density at radius 1 is 1.10 bits per heavy atom. The maximum atomic E-state index is 5.36. The lowest BCUT2D eigenvalue weighted by atomic mass is 10.1. The van der Waals surface area contributed by atoms with Crippen LogP contribution in [0.15, 0.2) is 35.5 Å². The van der Waals surface area contributed by atoms with Crippen LogP contribution in [0.1, 0.15) is 54.3 Å². The van der Waals surface area contributed by atoms with Crippen molar-refractivity contribution in [3.63, 3.8) is 0 Å². The standard InChI is InChI=1S/C31H39N7O/c1-19(15-25-20(2)36-39-23(25)5)33-27-9-10-32-21(3)30(27)31-34-28-16-24-18-38(14-8-13-37-11-6-7-12-37)22(4)26(24)17-29(28)35-31/h9-10,16-17,19,33-35H,3-4,6-8,11-15,18H2,1-2,5H3. The minimum atomic E-state index is 0.162. The van der Waals surface area contributed by atoms with E-state index in [4.69, 9.17) is 4.52 Å². The van der Waals surface area contributed by atoms with Crippen LogP contribution in [0, 0.1) is 13.8 Å². The third-order valence-corrected chi connectivity index (χ3v) is 8.29. The van der Waals surface area contributed by atoms with E-state index < -0.39 is 0 Å². The number of rotatable bonds is 8. The largest absolute Gasteiger partial charge is 0.382 e. The molecule has 5 heterocycles. The summed E-state index contributed by atoms with van der Waals surface area (Å²) in [7, 11) is 0. The summed E-state index contributed by atoms with van der Waals surface area (Å²) in [4.78, 5) is 9.51. The van der Waals surface area contributed by atoms with Gasteiger partial charge in [0.2, 0.25) is 0 Å². The maximum absolute atomic E-state index is 5.36. The fraction of sp³-hybridized carbons (Fsp3) is 0.419. The number of aromatic nitrogens is 2. The second kappa shape index (κ2) is 10.4. The van der Waals surface area contributed by atoms with E-state index in [1.54, 1.807) is 6.20 Å². The van der Waals surface area contributed by atoms with E-state index >= 15 is 0 Å².